The molecule has 1 aromatic carbocycles. The summed E-state index contributed by atoms with van der Waals surface area (Å²) in [6.07, 6.45) is -0.293. The molecule has 1 aliphatic heterocycles. The van der Waals surface area contributed by atoms with Crippen molar-refractivity contribution in [3.63, 3.8) is 0 Å². The number of thiocarbonyl (C=S) groups is 1. The lowest BCUT2D eigenvalue weighted by atomic mass is 10.2. The Balaban J connectivity index is 2.08. The van der Waals surface area contributed by atoms with Gasteiger partial charge in [-0.15, -0.1) is 5.11 Å². The first-order valence-electron chi connectivity index (χ1n) is 6.17. The zero-order valence-corrected chi connectivity index (χ0v) is 12.7. The molecule has 0 amide bonds. The number of aryl methyl sites for hydroxylation is 1. The van der Waals surface area contributed by atoms with Crippen molar-refractivity contribution in [2.45, 2.75) is 33.0 Å². The molecule has 6 heteroatoms. The van der Waals surface area contributed by atoms with Crippen LogP contribution in [0.5, 0.6) is 5.75 Å². The van der Waals surface area contributed by atoms with Crippen molar-refractivity contribution in [1.29, 1.82) is 0 Å². The van der Waals surface area contributed by atoms with Crippen LogP contribution in [-0.4, -0.2) is 28.8 Å². The first-order valence-corrected chi connectivity index (χ1v) is 6.95. The van der Waals surface area contributed by atoms with Crippen LogP contribution in [0.1, 0.15) is 19.4 Å². The van der Waals surface area contributed by atoms with Gasteiger partial charge in [-0.05, 0) is 56.8 Å². The van der Waals surface area contributed by atoms with Crippen molar-refractivity contribution < 1.29 is 4.74 Å². The van der Waals surface area contributed by atoms with Crippen molar-refractivity contribution in [2.24, 2.45) is 10.2 Å². The normalized spacial score (nSPS) is 19.9. The summed E-state index contributed by atoms with van der Waals surface area (Å²) in [5.74, 6) is 0.776. The third-order valence-corrected chi connectivity index (χ3v) is 3.78. The Bertz CT molecular complexity index is 521. The number of benzene rings is 1. The van der Waals surface area contributed by atoms with Gasteiger partial charge in [0, 0.05) is 11.6 Å². The number of hydrogen-bond donors (Lipinski definition) is 0. The maximum atomic E-state index is 5.99. The van der Waals surface area contributed by atoms with Crippen LogP contribution in [0, 0.1) is 6.92 Å². The molecule has 1 aromatic rings. The molecular formula is C13H16ClN3OS. The van der Waals surface area contributed by atoms with E-state index in [1.807, 2.05) is 43.9 Å². The van der Waals surface area contributed by atoms with E-state index in [0.29, 0.717) is 5.11 Å². The van der Waals surface area contributed by atoms with Gasteiger partial charge in [0.1, 0.15) is 11.9 Å². The third-order valence-electron chi connectivity index (χ3n) is 3.04. The van der Waals surface area contributed by atoms with E-state index in [-0.39, 0.29) is 12.3 Å². The van der Waals surface area contributed by atoms with E-state index in [2.05, 4.69) is 10.2 Å². The maximum Gasteiger partial charge on any atom is 0.217 e. The quantitative estimate of drug-likeness (QED) is 0.793. The van der Waals surface area contributed by atoms with Crippen molar-refractivity contribution >= 4 is 28.9 Å². The lowest BCUT2D eigenvalue weighted by Gasteiger charge is -2.26. The van der Waals surface area contributed by atoms with E-state index in [4.69, 9.17) is 28.6 Å². The van der Waals surface area contributed by atoms with Crippen molar-refractivity contribution in [1.82, 2.24) is 4.90 Å². The van der Waals surface area contributed by atoms with Gasteiger partial charge in [0.15, 0.2) is 6.17 Å². The van der Waals surface area contributed by atoms with Gasteiger partial charge in [-0.2, -0.15) is 5.11 Å². The van der Waals surface area contributed by atoms with Gasteiger partial charge in [0.25, 0.3) is 0 Å². The van der Waals surface area contributed by atoms with Crippen LogP contribution < -0.4 is 4.74 Å². The summed E-state index contributed by atoms with van der Waals surface area (Å²) in [7, 11) is 0. The summed E-state index contributed by atoms with van der Waals surface area (Å²) in [4.78, 5) is 1.95. The second-order valence-corrected chi connectivity index (χ2v) is 5.20. The number of halogens is 1. The van der Waals surface area contributed by atoms with Gasteiger partial charge in [-0.3, -0.25) is 0 Å². The van der Waals surface area contributed by atoms with Crippen LogP contribution in [0.2, 0.25) is 5.02 Å². The fraction of sp³-hybridized carbons (Fsp3) is 0.462. The monoisotopic (exact) mass is 297 g/mol. The molecule has 0 N–H and O–H groups in total. The zero-order valence-electron chi connectivity index (χ0n) is 11.1. The number of nitrogens with zero attached hydrogens (tertiary/aromatic N) is 3. The molecule has 0 saturated carbocycles. The highest BCUT2D eigenvalue weighted by Gasteiger charge is 2.31. The molecule has 0 spiro atoms. The molecule has 19 heavy (non-hydrogen) atoms. The average molecular weight is 298 g/mol. The van der Waals surface area contributed by atoms with Gasteiger partial charge in [0.2, 0.25) is 5.11 Å². The Morgan fingerprint density at radius 3 is 2.89 bits per heavy atom. The van der Waals surface area contributed by atoms with E-state index in [0.717, 1.165) is 22.9 Å². The summed E-state index contributed by atoms with van der Waals surface area (Å²) in [6.45, 7) is 6.70. The molecule has 0 saturated heterocycles. The fourth-order valence-corrected chi connectivity index (χ4v) is 2.38. The first kappa shape index (κ1) is 14.2. The molecule has 0 aliphatic carbocycles. The first-order chi connectivity index (χ1) is 9.02. The predicted molar refractivity (Wildman–Crippen MR) is 79.9 cm³/mol. The van der Waals surface area contributed by atoms with Gasteiger partial charge in [-0.25, -0.2) is 0 Å². The van der Waals surface area contributed by atoms with E-state index in [1.54, 1.807) is 0 Å². The average Bonchev–Trinajstić information content (AvgIpc) is 2.75. The minimum absolute atomic E-state index is 0.135. The molecule has 2 atom stereocenters. The highest BCUT2D eigenvalue weighted by atomic mass is 35.5. The molecule has 1 heterocycles. The predicted octanol–water partition coefficient (Wildman–Crippen LogP) is 3.81. The summed E-state index contributed by atoms with van der Waals surface area (Å²) >= 11 is 11.1. The van der Waals surface area contributed by atoms with E-state index in [1.165, 1.54) is 0 Å². The Kier molecular flexibility index (Phi) is 4.37. The largest absolute Gasteiger partial charge is 0.486 e. The summed E-state index contributed by atoms with van der Waals surface area (Å²) in [6, 6.07) is 5.60. The van der Waals surface area contributed by atoms with E-state index in [9.17, 15) is 0 Å². The number of hydrogen-bond acceptors (Lipinski definition) is 3. The molecule has 0 radical (unpaired) electrons. The van der Waals surface area contributed by atoms with Gasteiger partial charge < -0.3 is 9.64 Å². The molecule has 1 aliphatic rings. The third kappa shape index (κ3) is 3.04. The van der Waals surface area contributed by atoms with E-state index >= 15 is 0 Å². The topological polar surface area (TPSA) is 37.2 Å². The van der Waals surface area contributed by atoms with Crippen molar-refractivity contribution in [3.05, 3.63) is 28.8 Å². The van der Waals surface area contributed by atoms with Gasteiger partial charge in [0.05, 0.1) is 0 Å². The summed E-state index contributed by atoms with van der Waals surface area (Å²) in [5.41, 5.74) is 0.988. The van der Waals surface area contributed by atoms with Crippen LogP contribution in [0.3, 0.4) is 0 Å². The second-order valence-electron chi connectivity index (χ2n) is 4.43. The molecule has 2 unspecified atom stereocenters. The van der Waals surface area contributed by atoms with Gasteiger partial charge >= 0.3 is 0 Å². The minimum Gasteiger partial charge on any atom is -0.486 e. The smallest absolute Gasteiger partial charge is 0.217 e. The number of rotatable bonds is 4. The molecular weight excluding hydrogens is 282 g/mol. The van der Waals surface area contributed by atoms with Crippen LogP contribution >= 0.6 is 23.8 Å². The lowest BCUT2D eigenvalue weighted by molar-refractivity contribution is 0.133. The second kappa shape index (κ2) is 5.84. The molecule has 0 bridgehead atoms. The lowest BCUT2D eigenvalue weighted by Crippen LogP contribution is -2.42. The SMILES string of the molecule is CCN1C(=S)N=NC1C(C)Oc1ccc(Cl)c(C)c1. The Labute approximate surface area is 123 Å². The molecule has 102 valence electrons. The Morgan fingerprint density at radius 1 is 1.53 bits per heavy atom. The summed E-state index contributed by atoms with van der Waals surface area (Å²) in [5, 5.41) is 9.37. The maximum absolute atomic E-state index is 5.99. The fourth-order valence-electron chi connectivity index (χ4n) is 1.98. The van der Waals surface area contributed by atoms with Crippen LogP contribution in [-0.2, 0) is 0 Å². The van der Waals surface area contributed by atoms with Crippen LogP contribution in [0.15, 0.2) is 28.4 Å². The molecule has 0 fully saturated rings. The molecule has 2 rings (SSSR count). The minimum atomic E-state index is -0.159. The van der Waals surface area contributed by atoms with E-state index < -0.39 is 0 Å². The number of ether oxygens (including phenoxy) is 1. The summed E-state index contributed by atoms with van der Waals surface area (Å²) < 4.78 is 5.90. The van der Waals surface area contributed by atoms with Crippen LogP contribution in [0.4, 0.5) is 0 Å². The Hall–Kier alpha value is -1.20. The molecule has 4 nitrogen and oxygen atoms in total. The van der Waals surface area contributed by atoms with Crippen LogP contribution in [0.25, 0.3) is 0 Å². The number of likely N-dealkylation sites (N-methyl/N-ethyl adjacent to an activating group) is 1. The Morgan fingerprint density at radius 2 is 2.26 bits per heavy atom. The highest BCUT2D eigenvalue weighted by Crippen LogP contribution is 2.24. The molecule has 0 aromatic heterocycles. The van der Waals surface area contributed by atoms with Crippen molar-refractivity contribution in [3.8, 4) is 5.75 Å². The standard InChI is InChI=1S/C13H16ClN3OS/c1-4-17-12(15-16-13(17)19)9(3)18-10-5-6-11(14)8(2)7-10/h5-7,9,12H,4H2,1-3H3. The van der Waals surface area contributed by atoms with Crippen molar-refractivity contribution in [2.75, 3.05) is 6.54 Å². The number of azo groups is 1. The zero-order chi connectivity index (χ0) is 14.0. The highest BCUT2D eigenvalue weighted by molar-refractivity contribution is 7.80. The van der Waals surface area contributed by atoms with Gasteiger partial charge in [-0.1, -0.05) is 11.6 Å².